The lowest BCUT2D eigenvalue weighted by molar-refractivity contribution is 0.688. The number of benzene rings is 1. The second-order valence-corrected chi connectivity index (χ2v) is 6.03. The summed E-state index contributed by atoms with van der Waals surface area (Å²) in [5.74, 6) is 0.829. The van der Waals surface area contributed by atoms with Gasteiger partial charge in [-0.05, 0) is 36.2 Å². The number of aryl methyl sites for hydroxylation is 1. The summed E-state index contributed by atoms with van der Waals surface area (Å²) >= 11 is 3.59. The predicted molar refractivity (Wildman–Crippen MR) is 90.8 cm³/mol. The Hall–Kier alpha value is -1.98. The molecule has 0 unspecified atom stereocenters. The van der Waals surface area contributed by atoms with Crippen LogP contribution in [0.1, 0.15) is 16.7 Å². The summed E-state index contributed by atoms with van der Waals surface area (Å²) in [5, 5.41) is 7.62. The van der Waals surface area contributed by atoms with Gasteiger partial charge in [-0.25, -0.2) is 9.67 Å². The molecular weight excluding hydrogens is 340 g/mol. The van der Waals surface area contributed by atoms with Crippen molar-refractivity contribution >= 4 is 15.9 Å². The Bertz CT molecular complexity index is 736. The summed E-state index contributed by atoms with van der Waals surface area (Å²) < 4.78 is 2.89. The van der Waals surface area contributed by atoms with Crippen molar-refractivity contribution in [2.24, 2.45) is 0 Å². The van der Waals surface area contributed by atoms with E-state index in [4.69, 9.17) is 0 Å². The van der Waals surface area contributed by atoms with Gasteiger partial charge < -0.3 is 5.32 Å². The number of nitrogens with zero attached hydrogens (tertiary/aromatic N) is 3. The lowest BCUT2D eigenvalue weighted by Crippen LogP contribution is -2.13. The summed E-state index contributed by atoms with van der Waals surface area (Å²) in [6, 6.07) is 12.3. The fraction of sp³-hybridized carbons (Fsp3) is 0.176. The minimum atomic E-state index is 0.784. The van der Waals surface area contributed by atoms with Crippen LogP contribution < -0.4 is 5.32 Å². The molecule has 5 heteroatoms. The van der Waals surface area contributed by atoms with Crippen LogP contribution in [0.15, 0.2) is 59.5 Å². The summed E-state index contributed by atoms with van der Waals surface area (Å²) in [4.78, 5) is 4.43. The normalized spacial score (nSPS) is 10.8. The quantitative estimate of drug-likeness (QED) is 0.758. The van der Waals surface area contributed by atoms with Gasteiger partial charge in [-0.2, -0.15) is 5.10 Å². The van der Waals surface area contributed by atoms with Gasteiger partial charge in [0.2, 0.25) is 0 Å². The molecule has 0 aliphatic heterocycles. The van der Waals surface area contributed by atoms with E-state index in [1.807, 2.05) is 24.5 Å². The van der Waals surface area contributed by atoms with E-state index in [-0.39, 0.29) is 0 Å². The van der Waals surface area contributed by atoms with Crippen molar-refractivity contribution in [3.05, 3.63) is 76.2 Å². The minimum Gasteiger partial charge on any atom is -0.309 e. The molecule has 112 valence electrons. The molecule has 22 heavy (non-hydrogen) atoms. The topological polar surface area (TPSA) is 42.7 Å². The van der Waals surface area contributed by atoms with E-state index in [1.165, 1.54) is 11.1 Å². The van der Waals surface area contributed by atoms with Gasteiger partial charge in [0.1, 0.15) is 0 Å². The monoisotopic (exact) mass is 356 g/mol. The molecule has 0 radical (unpaired) electrons. The second-order valence-electron chi connectivity index (χ2n) is 5.17. The Balaban J connectivity index is 1.59. The zero-order valence-corrected chi connectivity index (χ0v) is 13.9. The molecule has 0 saturated heterocycles. The molecule has 0 atom stereocenters. The van der Waals surface area contributed by atoms with Crippen LogP contribution in [0, 0.1) is 6.92 Å². The van der Waals surface area contributed by atoms with Crippen LogP contribution in [0.3, 0.4) is 0 Å². The van der Waals surface area contributed by atoms with Gasteiger partial charge in [-0.15, -0.1) is 0 Å². The van der Waals surface area contributed by atoms with Crippen LogP contribution in [0.25, 0.3) is 5.82 Å². The lowest BCUT2D eigenvalue weighted by atomic mass is 10.1. The van der Waals surface area contributed by atoms with Gasteiger partial charge in [-0.1, -0.05) is 39.7 Å². The Labute approximate surface area is 138 Å². The fourth-order valence-corrected chi connectivity index (χ4v) is 2.63. The first-order valence-corrected chi connectivity index (χ1v) is 7.92. The largest absolute Gasteiger partial charge is 0.309 e. The molecular formula is C17H17BrN4. The van der Waals surface area contributed by atoms with Crippen molar-refractivity contribution in [2.45, 2.75) is 20.0 Å². The first-order chi connectivity index (χ1) is 10.7. The highest BCUT2D eigenvalue weighted by atomic mass is 79.9. The van der Waals surface area contributed by atoms with Gasteiger partial charge in [-0.3, -0.25) is 0 Å². The maximum atomic E-state index is 4.43. The molecule has 4 nitrogen and oxygen atoms in total. The Kier molecular flexibility index (Phi) is 4.65. The highest BCUT2D eigenvalue weighted by Crippen LogP contribution is 2.18. The number of nitrogens with one attached hydrogen (secondary N) is 1. The average Bonchev–Trinajstić information content (AvgIpc) is 3.06. The van der Waals surface area contributed by atoms with E-state index in [0.29, 0.717) is 0 Å². The van der Waals surface area contributed by atoms with Gasteiger partial charge in [0.05, 0.1) is 0 Å². The van der Waals surface area contributed by atoms with E-state index >= 15 is 0 Å². The van der Waals surface area contributed by atoms with E-state index < -0.39 is 0 Å². The molecule has 0 fully saturated rings. The van der Waals surface area contributed by atoms with Crippen LogP contribution >= 0.6 is 15.9 Å². The van der Waals surface area contributed by atoms with E-state index in [1.54, 1.807) is 10.9 Å². The molecule has 2 aromatic heterocycles. The molecule has 2 heterocycles. The first-order valence-electron chi connectivity index (χ1n) is 7.13. The van der Waals surface area contributed by atoms with Gasteiger partial charge >= 0.3 is 0 Å². The zero-order valence-electron chi connectivity index (χ0n) is 12.3. The van der Waals surface area contributed by atoms with E-state index in [0.717, 1.165) is 28.9 Å². The highest BCUT2D eigenvalue weighted by molar-refractivity contribution is 9.10. The molecule has 0 amide bonds. The summed E-state index contributed by atoms with van der Waals surface area (Å²) in [6.45, 7) is 3.71. The maximum Gasteiger partial charge on any atom is 0.153 e. The van der Waals surface area contributed by atoms with Gasteiger partial charge in [0.15, 0.2) is 5.82 Å². The number of aromatic nitrogens is 3. The molecule has 3 rings (SSSR count). The zero-order chi connectivity index (χ0) is 15.4. The van der Waals surface area contributed by atoms with Crippen LogP contribution in [-0.4, -0.2) is 14.8 Å². The maximum absolute atomic E-state index is 4.43. The second kappa shape index (κ2) is 6.85. The molecule has 1 N–H and O–H groups in total. The molecule has 0 saturated carbocycles. The van der Waals surface area contributed by atoms with Crippen molar-refractivity contribution < 1.29 is 0 Å². The molecule has 0 aliphatic carbocycles. The molecule has 0 spiro atoms. The fourth-order valence-electron chi connectivity index (χ4n) is 2.24. The standard InChI is InChI=1S/C17H17BrN4/c1-13-3-5-16(18)15(9-13)12-19-10-14-4-6-17(20-11-14)22-8-2-7-21-22/h2-9,11,19H,10,12H2,1H3. The van der Waals surface area contributed by atoms with Crippen molar-refractivity contribution in [3.63, 3.8) is 0 Å². The van der Waals surface area contributed by atoms with E-state index in [9.17, 15) is 0 Å². The number of pyridine rings is 1. The SMILES string of the molecule is Cc1ccc(Br)c(CNCc2ccc(-n3cccn3)nc2)c1. The first kappa shape index (κ1) is 14.9. The van der Waals surface area contributed by atoms with Gasteiger partial charge in [0, 0.05) is 36.2 Å². The highest BCUT2D eigenvalue weighted by Gasteiger charge is 2.01. The number of rotatable bonds is 5. The third-order valence-corrected chi connectivity index (χ3v) is 4.17. The van der Waals surface area contributed by atoms with Crippen molar-refractivity contribution in [1.29, 1.82) is 0 Å². The Morgan fingerprint density at radius 1 is 1.18 bits per heavy atom. The smallest absolute Gasteiger partial charge is 0.153 e. The predicted octanol–water partition coefficient (Wildman–Crippen LogP) is 3.63. The van der Waals surface area contributed by atoms with Crippen molar-refractivity contribution in [1.82, 2.24) is 20.1 Å². The molecule has 1 aromatic carbocycles. The van der Waals surface area contributed by atoms with Crippen LogP contribution in [-0.2, 0) is 13.1 Å². The molecule has 3 aromatic rings. The summed E-state index contributed by atoms with van der Waals surface area (Å²) in [7, 11) is 0. The van der Waals surface area contributed by atoms with Gasteiger partial charge in [0.25, 0.3) is 0 Å². The summed E-state index contributed by atoms with van der Waals surface area (Å²) in [6.07, 6.45) is 5.52. The molecule has 0 aliphatic rings. The number of hydrogen-bond donors (Lipinski definition) is 1. The third-order valence-electron chi connectivity index (χ3n) is 3.39. The Morgan fingerprint density at radius 2 is 2.09 bits per heavy atom. The van der Waals surface area contributed by atoms with E-state index in [2.05, 4.69) is 62.5 Å². The van der Waals surface area contributed by atoms with Crippen LogP contribution in [0.2, 0.25) is 0 Å². The minimum absolute atomic E-state index is 0.784. The molecule has 0 bridgehead atoms. The Morgan fingerprint density at radius 3 is 2.82 bits per heavy atom. The summed E-state index contributed by atoms with van der Waals surface area (Å²) in [5.41, 5.74) is 3.69. The average molecular weight is 357 g/mol. The third kappa shape index (κ3) is 3.61. The van der Waals surface area contributed by atoms with Crippen LogP contribution in [0.4, 0.5) is 0 Å². The van der Waals surface area contributed by atoms with Crippen LogP contribution in [0.5, 0.6) is 0 Å². The number of hydrogen-bond acceptors (Lipinski definition) is 3. The lowest BCUT2D eigenvalue weighted by Gasteiger charge is -2.08. The van der Waals surface area contributed by atoms with Crippen molar-refractivity contribution in [2.75, 3.05) is 0 Å². The van der Waals surface area contributed by atoms with Crippen molar-refractivity contribution in [3.8, 4) is 5.82 Å². The number of halogens is 1.